The Labute approximate surface area is 101 Å². The number of amides is 1. The molecule has 1 aliphatic rings. The van der Waals surface area contributed by atoms with Crippen LogP contribution in [0.2, 0.25) is 0 Å². The van der Waals surface area contributed by atoms with Crippen LogP contribution in [0.25, 0.3) is 0 Å². The maximum atomic E-state index is 11.6. The summed E-state index contributed by atoms with van der Waals surface area (Å²) in [6.45, 7) is 2.70. The molecule has 1 aromatic carbocycles. The molecule has 0 spiro atoms. The molecule has 1 aromatic rings. The zero-order valence-electron chi connectivity index (χ0n) is 10.4. The molecule has 0 radical (unpaired) electrons. The van der Waals surface area contributed by atoms with Crippen molar-refractivity contribution < 1.29 is 14.3 Å². The van der Waals surface area contributed by atoms with Crippen molar-refractivity contribution in [3.63, 3.8) is 0 Å². The molecule has 1 atom stereocenters. The van der Waals surface area contributed by atoms with Gasteiger partial charge in [-0.2, -0.15) is 0 Å². The fourth-order valence-electron chi connectivity index (χ4n) is 2.30. The van der Waals surface area contributed by atoms with E-state index in [1.165, 1.54) is 18.2 Å². The van der Waals surface area contributed by atoms with Gasteiger partial charge in [-0.1, -0.05) is 6.07 Å². The molecule has 1 aliphatic heterocycles. The SMILES string of the molecule is COC(=O)N1CCc2cc(OC)ccc2C1C. The first kappa shape index (κ1) is 11.8. The average molecular weight is 235 g/mol. The van der Waals surface area contributed by atoms with Gasteiger partial charge in [-0.05, 0) is 36.6 Å². The van der Waals surface area contributed by atoms with Crippen LogP contribution in [0.4, 0.5) is 4.79 Å². The molecule has 4 heteroatoms. The fraction of sp³-hybridized carbons (Fsp3) is 0.462. The Balaban J connectivity index is 2.30. The topological polar surface area (TPSA) is 38.8 Å². The van der Waals surface area contributed by atoms with Crippen molar-refractivity contribution in [1.29, 1.82) is 0 Å². The van der Waals surface area contributed by atoms with Gasteiger partial charge in [0.15, 0.2) is 0 Å². The lowest BCUT2D eigenvalue weighted by atomic mass is 9.93. The Hall–Kier alpha value is -1.71. The fourth-order valence-corrected chi connectivity index (χ4v) is 2.30. The van der Waals surface area contributed by atoms with Gasteiger partial charge < -0.3 is 14.4 Å². The quantitative estimate of drug-likeness (QED) is 0.750. The van der Waals surface area contributed by atoms with E-state index in [0.717, 1.165) is 12.2 Å². The third-order valence-corrected chi connectivity index (χ3v) is 3.30. The second-order valence-corrected chi connectivity index (χ2v) is 4.15. The Morgan fingerprint density at radius 1 is 1.41 bits per heavy atom. The van der Waals surface area contributed by atoms with E-state index in [4.69, 9.17) is 9.47 Å². The number of nitrogens with zero attached hydrogens (tertiary/aromatic N) is 1. The predicted octanol–water partition coefficient (Wildman–Crippen LogP) is 2.38. The number of methoxy groups -OCH3 is 2. The standard InChI is InChI=1S/C13H17NO3/c1-9-12-5-4-11(16-2)8-10(12)6-7-14(9)13(15)17-3/h4-5,8-9H,6-7H2,1-3H3. The Kier molecular flexibility index (Phi) is 3.22. The minimum atomic E-state index is -0.265. The summed E-state index contributed by atoms with van der Waals surface area (Å²) in [5.41, 5.74) is 2.42. The highest BCUT2D eigenvalue weighted by molar-refractivity contribution is 5.68. The molecular formula is C13H17NO3. The second kappa shape index (κ2) is 4.65. The number of carbonyl (C=O) groups is 1. The summed E-state index contributed by atoms with van der Waals surface area (Å²) in [7, 11) is 3.08. The summed E-state index contributed by atoms with van der Waals surface area (Å²) in [6.07, 6.45) is 0.574. The maximum absolute atomic E-state index is 11.6. The van der Waals surface area contributed by atoms with Crippen molar-refractivity contribution in [2.75, 3.05) is 20.8 Å². The summed E-state index contributed by atoms with van der Waals surface area (Å²) in [5, 5.41) is 0. The molecule has 2 rings (SSSR count). The van der Waals surface area contributed by atoms with Crippen LogP contribution >= 0.6 is 0 Å². The Morgan fingerprint density at radius 2 is 2.18 bits per heavy atom. The number of rotatable bonds is 1. The van der Waals surface area contributed by atoms with E-state index in [9.17, 15) is 4.79 Å². The molecule has 1 heterocycles. The van der Waals surface area contributed by atoms with Crippen molar-refractivity contribution in [1.82, 2.24) is 4.90 Å². The van der Waals surface area contributed by atoms with E-state index < -0.39 is 0 Å². The second-order valence-electron chi connectivity index (χ2n) is 4.15. The monoisotopic (exact) mass is 235 g/mol. The van der Waals surface area contributed by atoms with Crippen LogP contribution in [-0.2, 0) is 11.2 Å². The van der Waals surface area contributed by atoms with Crippen LogP contribution < -0.4 is 4.74 Å². The Morgan fingerprint density at radius 3 is 2.82 bits per heavy atom. The highest BCUT2D eigenvalue weighted by atomic mass is 16.5. The van der Waals surface area contributed by atoms with Gasteiger partial charge in [0.25, 0.3) is 0 Å². The number of ether oxygens (including phenoxy) is 2. The molecule has 0 aromatic heterocycles. The lowest BCUT2D eigenvalue weighted by molar-refractivity contribution is 0.105. The third-order valence-electron chi connectivity index (χ3n) is 3.30. The first-order chi connectivity index (χ1) is 8.17. The van der Waals surface area contributed by atoms with Crippen molar-refractivity contribution in [2.45, 2.75) is 19.4 Å². The van der Waals surface area contributed by atoms with Crippen LogP contribution in [0, 0.1) is 0 Å². The van der Waals surface area contributed by atoms with Crippen molar-refractivity contribution in [3.8, 4) is 5.75 Å². The highest BCUT2D eigenvalue weighted by Gasteiger charge is 2.28. The zero-order valence-corrected chi connectivity index (χ0v) is 10.4. The molecule has 0 fully saturated rings. The van der Waals surface area contributed by atoms with Crippen molar-refractivity contribution in [2.24, 2.45) is 0 Å². The number of carbonyl (C=O) groups excluding carboxylic acids is 1. The summed E-state index contributed by atoms with van der Waals surface area (Å²) in [6, 6.07) is 6.04. The average Bonchev–Trinajstić information content (AvgIpc) is 2.38. The zero-order chi connectivity index (χ0) is 12.4. The van der Waals surface area contributed by atoms with Crippen LogP contribution in [0.15, 0.2) is 18.2 Å². The molecule has 1 unspecified atom stereocenters. The molecule has 92 valence electrons. The van der Waals surface area contributed by atoms with E-state index in [-0.39, 0.29) is 12.1 Å². The van der Waals surface area contributed by atoms with Crippen LogP contribution in [0.1, 0.15) is 24.1 Å². The van der Waals surface area contributed by atoms with E-state index in [1.807, 2.05) is 25.1 Å². The van der Waals surface area contributed by atoms with Gasteiger partial charge in [0.05, 0.1) is 20.3 Å². The summed E-state index contributed by atoms with van der Waals surface area (Å²) in [5.74, 6) is 0.863. The third kappa shape index (κ3) is 2.07. The normalized spacial score (nSPS) is 18.5. The number of benzene rings is 1. The van der Waals surface area contributed by atoms with Crippen molar-refractivity contribution >= 4 is 6.09 Å². The molecule has 0 aliphatic carbocycles. The van der Waals surface area contributed by atoms with E-state index in [0.29, 0.717) is 6.54 Å². The van der Waals surface area contributed by atoms with Crippen LogP contribution in [-0.4, -0.2) is 31.8 Å². The number of hydrogen-bond donors (Lipinski definition) is 0. The Bertz CT molecular complexity index is 431. The van der Waals surface area contributed by atoms with Gasteiger partial charge >= 0.3 is 6.09 Å². The summed E-state index contributed by atoms with van der Waals surface area (Å²) in [4.78, 5) is 13.3. The first-order valence-corrected chi connectivity index (χ1v) is 5.68. The summed E-state index contributed by atoms with van der Waals surface area (Å²) < 4.78 is 9.99. The predicted molar refractivity (Wildman–Crippen MR) is 64.2 cm³/mol. The largest absolute Gasteiger partial charge is 0.497 e. The molecule has 17 heavy (non-hydrogen) atoms. The molecule has 0 N–H and O–H groups in total. The molecular weight excluding hydrogens is 218 g/mol. The minimum Gasteiger partial charge on any atom is -0.497 e. The number of hydrogen-bond acceptors (Lipinski definition) is 3. The van der Waals surface area contributed by atoms with Gasteiger partial charge in [-0.3, -0.25) is 0 Å². The molecule has 0 saturated carbocycles. The molecule has 0 bridgehead atoms. The van der Waals surface area contributed by atoms with Crippen LogP contribution in [0.5, 0.6) is 5.75 Å². The van der Waals surface area contributed by atoms with Gasteiger partial charge in [0.1, 0.15) is 5.75 Å². The van der Waals surface area contributed by atoms with Crippen LogP contribution in [0.3, 0.4) is 0 Å². The number of fused-ring (bicyclic) bond motifs is 1. The lowest BCUT2D eigenvalue weighted by Gasteiger charge is -2.34. The van der Waals surface area contributed by atoms with Gasteiger partial charge in [0, 0.05) is 6.54 Å². The lowest BCUT2D eigenvalue weighted by Crippen LogP contribution is -2.38. The summed E-state index contributed by atoms with van der Waals surface area (Å²) >= 11 is 0. The minimum absolute atomic E-state index is 0.0529. The van der Waals surface area contributed by atoms with Gasteiger partial charge in [-0.25, -0.2) is 4.79 Å². The van der Waals surface area contributed by atoms with E-state index >= 15 is 0 Å². The van der Waals surface area contributed by atoms with E-state index in [2.05, 4.69) is 0 Å². The first-order valence-electron chi connectivity index (χ1n) is 5.68. The maximum Gasteiger partial charge on any atom is 0.409 e. The van der Waals surface area contributed by atoms with Gasteiger partial charge in [-0.15, -0.1) is 0 Å². The smallest absolute Gasteiger partial charge is 0.409 e. The molecule has 0 saturated heterocycles. The van der Waals surface area contributed by atoms with E-state index in [1.54, 1.807) is 12.0 Å². The van der Waals surface area contributed by atoms with Gasteiger partial charge in [0.2, 0.25) is 0 Å². The molecule has 1 amide bonds. The highest BCUT2D eigenvalue weighted by Crippen LogP contribution is 2.31. The van der Waals surface area contributed by atoms with Crippen molar-refractivity contribution in [3.05, 3.63) is 29.3 Å². The molecule has 4 nitrogen and oxygen atoms in total.